The van der Waals surface area contributed by atoms with Crippen molar-refractivity contribution < 1.29 is 9.47 Å². The van der Waals surface area contributed by atoms with Crippen LogP contribution < -0.4 is 14.8 Å². The molecular weight excluding hydrogens is 238 g/mol. The van der Waals surface area contributed by atoms with Crippen molar-refractivity contribution in [3.8, 4) is 11.5 Å². The van der Waals surface area contributed by atoms with Crippen molar-refractivity contribution in [2.75, 3.05) is 21.3 Å². The maximum Gasteiger partial charge on any atom is 0.161 e. The van der Waals surface area contributed by atoms with Crippen LogP contribution in [0.3, 0.4) is 0 Å². The minimum absolute atomic E-state index is 0.454. The molecule has 2 saturated carbocycles. The highest BCUT2D eigenvalue weighted by molar-refractivity contribution is 5.44. The summed E-state index contributed by atoms with van der Waals surface area (Å²) in [5.74, 6) is 4.34. The summed E-state index contributed by atoms with van der Waals surface area (Å²) < 4.78 is 10.7. The molecule has 0 amide bonds. The quantitative estimate of drug-likeness (QED) is 0.884. The molecule has 104 valence electrons. The normalized spacial score (nSPS) is 29.7. The van der Waals surface area contributed by atoms with Crippen LogP contribution >= 0.6 is 0 Å². The molecule has 0 aliphatic heterocycles. The van der Waals surface area contributed by atoms with Crippen LogP contribution in [0.5, 0.6) is 11.5 Å². The van der Waals surface area contributed by atoms with E-state index in [1.165, 1.54) is 24.8 Å². The van der Waals surface area contributed by atoms with Crippen LogP contribution in [0, 0.1) is 17.8 Å². The molecule has 1 aromatic rings. The standard InChI is InChI=1S/C16H23NO2/c1-17-16(15-11-5-4-6-12(11)15)10-7-8-13(18-2)14(9-10)19-3/h7-9,11-12,15-17H,4-6H2,1-3H3. The third-order valence-electron chi connectivity index (χ3n) is 4.94. The topological polar surface area (TPSA) is 30.5 Å². The maximum absolute atomic E-state index is 5.41. The Balaban J connectivity index is 1.83. The molecule has 0 saturated heterocycles. The first-order valence-electron chi connectivity index (χ1n) is 7.19. The second kappa shape index (κ2) is 5.04. The van der Waals surface area contributed by atoms with Gasteiger partial charge in [0, 0.05) is 6.04 Å². The Morgan fingerprint density at radius 1 is 1.11 bits per heavy atom. The predicted octanol–water partition coefficient (Wildman–Crippen LogP) is 3.01. The van der Waals surface area contributed by atoms with E-state index in [2.05, 4.69) is 24.5 Å². The molecule has 0 bridgehead atoms. The lowest BCUT2D eigenvalue weighted by molar-refractivity contribution is 0.353. The average molecular weight is 261 g/mol. The van der Waals surface area contributed by atoms with Gasteiger partial charge in [0.05, 0.1) is 14.2 Å². The number of ether oxygens (including phenoxy) is 2. The first kappa shape index (κ1) is 12.8. The van der Waals surface area contributed by atoms with Gasteiger partial charge in [0.25, 0.3) is 0 Å². The van der Waals surface area contributed by atoms with Gasteiger partial charge in [0.15, 0.2) is 11.5 Å². The van der Waals surface area contributed by atoms with E-state index >= 15 is 0 Å². The summed E-state index contributed by atoms with van der Waals surface area (Å²) in [5, 5.41) is 3.50. The molecule has 2 aliphatic carbocycles. The van der Waals surface area contributed by atoms with Crippen LogP contribution in [-0.2, 0) is 0 Å². The lowest BCUT2D eigenvalue weighted by Gasteiger charge is -2.20. The van der Waals surface area contributed by atoms with Crippen molar-refractivity contribution in [3.63, 3.8) is 0 Å². The van der Waals surface area contributed by atoms with Crippen LogP contribution in [0.2, 0.25) is 0 Å². The number of rotatable bonds is 5. The van der Waals surface area contributed by atoms with Crippen molar-refractivity contribution in [2.24, 2.45) is 17.8 Å². The highest BCUT2D eigenvalue weighted by Gasteiger charge is 2.55. The number of methoxy groups -OCH3 is 2. The van der Waals surface area contributed by atoms with Crippen LogP contribution in [0.25, 0.3) is 0 Å². The Morgan fingerprint density at radius 3 is 2.37 bits per heavy atom. The summed E-state index contributed by atoms with van der Waals surface area (Å²) in [7, 11) is 5.44. The zero-order chi connectivity index (χ0) is 13.4. The molecule has 0 spiro atoms. The van der Waals surface area contributed by atoms with Crippen molar-refractivity contribution in [1.82, 2.24) is 5.32 Å². The van der Waals surface area contributed by atoms with E-state index in [4.69, 9.17) is 9.47 Å². The number of hydrogen-bond donors (Lipinski definition) is 1. The Kier molecular flexibility index (Phi) is 3.40. The monoisotopic (exact) mass is 261 g/mol. The summed E-state index contributed by atoms with van der Waals surface area (Å²) in [6, 6.07) is 6.75. The summed E-state index contributed by atoms with van der Waals surface area (Å²) in [4.78, 5) is 0. The van der Waals surface area contributed by atoms with Crippen LogP contribution in [0.4, 0.5) is 0 Å². The van der Waals surface area contributed by atoms with E-state index in [9.17, 15) is 0 Å². The second-order valence-corrected chi connectivity index (χ2v) is 5.72. The molecule has 3 rings (SSSR count). The highest BCUT2D eigenvalue weighted by Crippen LogP contribution is 2.62. The second-order valence-electron chi connectivity index (χ2n) is 5.72. The van der Waals surface area contributed by atoms with Gasteiger partial charge < -0.3 is 14.8 Å². The minimum atomic E-state index is 0.454. The molecule has 19 heavy (non-hydrogen) atoms. The van der Waals surface area contributed by atoms with Gasteiger partial charge in [-0.15, -0.1) is 0 Å². The van der Waals surface area contributed by atoms with E-state index in [0.717, 1.165) is 29.3 Å². The van der Waals surface area contributed by atoms with E-state index < -0.39 is 0 Å². The molecule has 3 unspecified atom stereocenters. The van der Waals surface area contributed by atoms with Gasteiger partial charge in [-0.3, -0.25) is 0 Å². The van der Waals surface area contributed by atoms with Gasteiger partial charge in [-0.05, 0) is 55.3 Å². The van der Waals surface area contributed by atoms with E-state index in [1.54, 1.807) is 14.2 Å². The van der Waals surface area contributed by atoms with Gasteiger partial charge in [-0.25, -0.2) is 0 Å². The smallest absolute Gasteiger partial charge is 0.161 e. The molecule has 0 heterocycles. The number of benzene rings is 1. The molecule has 1 N–H and O–H groups in total. The average Bonchev–Trinajstić information content (AvgIpc) is 2.91. The zero-order valence-electron chi connectivity index (χ0n) is 12.0. The van der Waals surface area contributed by atoms with Gasteiger partial charge in [-0.1, -0.05) is 12.5 Å². The maximum atomic E-state index is 5.41. The SMILES string of the molecule is CNC(c1ccc(OC)c(OC)c1)C1C2CCCC21. The third kappa shape index (κ3) is 2.10. The van der Waals surface area contributed by atoms with E-state index in [0.29, 0.717) is 6.04 Å². The molecule has 3 atom stereocenters. The number of nitrogens with one attached hydrogen (secondary N) is 1. The van der Waals surface area contributed by atoms with Gasteiger partial charge in [0.2, 0.25) is 0 Å². The molecule has 2 aliphatic rings. The Hall–Kier alpha value is -1.22. The van der Waals surface area contributed by atoms with Crippen LogP contribution in [0.1, 0.15) is 30.9 Å². The third-order valence-corrected chi connectivity index (χ3v) is 4.94. The summed E-state index contributed by atoms with van der Waals surface area (Å²) in [6.07, 6.45) is 4.26. The Morgan fingerprint density at radius 2 is 1.79 bits per heavy atom. The summed E-state index contributed by atoms with van der Waals surface area (Å²) in [6.45, 7) is 0. The molecule has 2 fully saturated rings. The number of hydrogen-bond acceptors (Lipinski definition) is 3. The molecule has 3 nitrogen and oxygen atoms in total. The Labute approximate surface area is 115 Å². The van der Waals surface area contributed by atoms with Crippen molar-refractivity contribution >= 4 is 0 Å². The molecule has 3 heteroatoms. The lowest BCUT2D eigenvalue weighted by Crippen LogP contribution is -2.20. The zero-order valence-corrected chi connectivity index (χ0v) is 12.0. The van der Waals surface area contributed by atoms with Gasteiger partial charge in [-0.2, -0.15) is 0 Å². The van der Waals surface area contributed by atoms with E-state index in [1.807, 2.05) is 6.07 Å². The van der Waals surface area contributed by atoms with Gasteiger partial charge in [0.1, 0.15) is 0 Å². The number of fused-ring (bicyclic) bond motifs is 1. The molecular formula is C16H23NO2. The fourth-order valence-corrected chi connectivity index (χ4v) is 4.00. The summed E-state index contributed by atoms with van der Waals surface area (Å²) >= 11 is 0. The van der Waals surface area contributed by atoms with Crippen molar-refractivity contribution in [1.29, 1.82) is 0 Å². The molecule has 0 aromatic heterocycles. The fraction of sp³-hybridized carbons (Fsp3) is 0.625. The van der Waals surface area contributed by atoms with Gasteiger partial charge >= 0.3 is 0 Å². The highest BCUT2D eigenvalue weighted by atomic mass is 16.5. The first-order valence-corrected chi connectivity index (χ1v) is 7.19. The van der Waals surface area contributed by atoms with Crippen LogP contribution in [-0.4, -0.2) is 21.3 Å². The molecule has 1 aromatic carbocycles. The minimum Gasteiger partial charge on any atom is -0.493 e. The van der Waals surface area contributed by atoms with E-state index in [-0.39, 0.29) is 0 Å². The Bertz CT molecular complexity index is 450. The van der Waals surface area contributed by atoms with Crippen LogP contribution in [0.15, 0.2) is 18.2 Å². The lowest BCUT2D eigenvalue weighted by atomic mass is 9.96. The summed E-state index contributed by atoms with van der Waals surface area (Å²) in [5.41, 5.74) is 1.32. The first-order chi connectivity index (χ1) is 9.30. The predicted molar refractivity (Wildman–Crippen MR) is 75.7 cm³/mol. The largest absolute Gasteiger partial charge is 0.493 e. The van der Waals surface area contributed by atoms with Crippen molar-refractivity contribution in [3.05, 3.63) is 23.8 Å². The molecule has 0 radical (unpaired) electrons. The van der Waals surface area contributed by atoms with Crippen molar-refractivity contribution in [2.45, 2.75) is 25.3 Å². The fourth-order valence-electron chi connectivity index (χ4n) is 4.00.